The first-order chi connectivity index (χ1) is 33.1. The highest BCUT2D eigenvalue weighted by Gasteiger charge is 2.62. The number of hydrogen-bond donors (Lipinski definition) is 5. The van der Waals surface area contributed by atoms with Gasteiger partial charge in [-0.05, 0) is 119 Å². The Labute approximate surface area is 406 Å². The molecule has 5 fully saturated rings. The number of carbonyl (C=O) groups excluding carboxylic acids is 6. The van der Waals surface area contributed by atoms with E-state index in [-0.39, 0.29) is 53.0 Å². The molecule has 2 atom stereocenters. The molecule has 6 N–H and O–H groups in total. The van der Waals surface area contributed by atoms with E-state index >= 15 is 0 Å². The average molecular weight is 985 g/mol. The van der Waals surface area contributed by atoms with E-state index in [1.807, 2.05) is 45.0 Å². The van der Waals surface area contributed by atoms with Crippen LogP contribution in [0.1, 0.15) is 104 Å². The molecule has 70 heavy (non-hydrogen) atoms. The summed E-state index contributed by atoms with van der Waals surface area (Å²) < 4.78 is 34.7. The third kappa shape index (κ3) is 10.2. The Kier molecular flexibility index (Phi) is 13.7. The summed E-state index contributed by atoms with van der Waals surface area (Å²) in [4.78, 5) is 95.2. The number of nitrogens with zero attached hydrogens (tertiary/aromatic N) is 5. The van der Waals surface area contributed by atoms with Crippen molar-refractivity contribution < 1.29 is 56.4 Å². The minimum atomic E-state index is -4.00. The molecule has 0 radical (unpaired) electrons. The number of carboxylic acids is 1. The lowest BCUT2D eigenvalue weighted by Gasteiger charge is -2.37. The molecule has 5 heterocycles. The number of piperidine rings is 1. The van der Waals surface area contributed by atoms with Crippen molar-refractivity contribution in [2.45, 2.75) is 106 Å². The van der Waals surface area contributed by atoms with E-state index < -0.39 is 45.2 Å². The van der Waals surface area contributed by atoms with Gasteiger partial charge in [0, 0.05) is 87.7 Å². The summed E-state index contributed by atoms with van der Waals surface area (Å²) in [7, 11) is -4.00. The third-order valence-electron chi connectivity index (χ3n) is 13.9. The Morgan fingerprint density at radius 2 is 1.36 bits per heavy atom. The van der Waals surface area contributed by atoms with E-state index in [0.29, 0.717) is 63.0 Å². The van der Waals surface area contributed by atoms with E-state index in [9.17, 15) is 47.1 Å². The van der Waals surface area contributed by atoms with Crippen LogP contribution in [0.25, 0.3) is 0 Å². The van der Waals surface area contributed by atoms with Crippen LogP contribution in [0.5, 0.6) is 0 Å². The summed E-state index contributed by atoms with van der Waals surface area (Å²) in [6.45, 7) is 11.7. The fourth-order valence-electron chi connectivity index (χ4n) is 10.2. The van der Waals surface area contributed by atoms with Crippen molar-refractivity contribution in [3.63, 3.8) is 0 Å². The van der Waals surface area contributed by atoms with Crippen LogP contribution < -0.4 is 26.2 Å². The van der Waals surface area contributed by atoms with Gasteiger partial charge in [0.2, 0.25) is 17.7 Å². The summed E-state index contributed by atoms with van der Waals surface area (Å²) in [6, 6.07) is 17.5. The minimum Gasteiger partial charge on any atom is -0.480 e. The van der Waals surface area contributed by atoms with Crippen molar-refractivity contribution in [2.24, 2.45) is 5.73 Å². The maximum Gasteiger partial charge on any atom is 0.410 e. The number of aliphatic carboxylic acids is 1. The summed E-state index contributed by atoms with van der Waals surface area (Å²) in [5, 5.41) is 15.6. The lowest BCUT2D eigenvalue weighted by atomic mass is 9.99. The zero-order chi connectivity index (χ0) is 50.3. The van der Waals surface area contributed by atoms with Gasteiger partial charge in [0.25, 0.3) is 21.9 Å². The van der Waals surface area contributed by atoms with E-state index in [1.165, 1.54) is 17.0 Å². The molecule has 10 rings (SSSR count). The monoisotopic (exact) mass is 984 g/mol. The van der Waals surface area contributed by atoms with Crippen molar-refractivity contribution in [1.29, 1.82) is 0 Å². The second-order valence-electron chi connectivity index (χ2n) is 19.7. The summed E-state index contributed by atoms with van der Waals surface area (Å²) >= 11 is 0. The Balaban J connectivity index is 0.000000161. The van der Waals surface area contributed by atoms with Gasteiger partial charge in [-0.1, -0.05) is 18.2 Å². The fourth-order valence-corrected chi connectivity index (χ4v) is 10.7. The molecule has 3 saturated heterocycles. The van der Waals surface area contributed by atoms with Crippen LogP contribution in [-0.2, 0) is 45.1 Å². The van der Waals surface area contributed by atoms with Gasteiger partial charge in [-0.25, -0.2) is 9.59 Å². The number of carbonyl (C=O) groups is 7. The van der Waals surface area contributed by atoms with E-state index in [2.05, 4.69) is 26.5 Å². The highest BCUT2D eigenvalue weighted by atomic mass is 32.2. The smallest absolute Gasteiger partial charge is 0.410 e. The highest BCUT2D eigenvalue weighted by Crippen LogP contribution is 2.59. The lowest BCUT2D eigenvalue weighted by molar-refractivity contribution is -0.144. The number of primary amides is 1. The quantitative estimate of drug-likeness (QED) is 0.152. The number of rotatable bonds is 9. The van der Waals surface area contributed by atoms with Gasteiger partial charge in [-0.15, -0.1) is 0 Å². The van der Waals surface area contributed by atoms with Crippen LogP contribution in [-0.4, -0.2) is 144 Å². The molecule has 21 heteroatoms. The number of anilines is 2. The van der Waals surface area contributed by atoms with Crippen LogP contribution in [0.15, 0.2) is 71.6 Å². The average Bonchev–Trinajstić information content (AvgIpc) is 4.26. The number of benzene rings is 3. The zero-order valence-corrected chi connectivity index (χ0v) is 40.3. The number of hydrogen-bond acceptors (Lipinski definition) is 13. The van der Waals surface area contributed by atoms with Gasteiger partial charge >= 0.3 is 12.1 Å². The van der Waals surface area contributed by atoms with Crippen molar-refractivity contribution in [3.05, 3.63) is 89.0 Å². The lowest BCUT2D eigenvalue weighted by Crippen LogP contribution is -2.55. The molecular formula is C49H60N8O12S. The molecule has 5 aliphatic heterocycles. The molecule has 2 spiro atoms. The molecule has 2 saturated carbocycles. The standard InChI is InChI=1S/C24H32N4O6.C19H22N4O3.C6H6O3S/c1-23(2,3)34-22(33)27-12-10-26(11-13-27)15-4-5-16-17(14-15)24(8-9-24)28(20(16)30)18(21(31)32)6-7-19(25)29;24-16-4-3-15(17(25)21-16)23-18(26)13-2-1-12(22-9-7-20-8-10-22)11-14(13)19(23)5-6-19;7-10(8,9)6-4-2-1-3-5-6/h4-5,14,18H,6-13H2,1-3H3,(H2,25,29)(H,31,32);1-2,11,15,20H,3-10H2,(H,21,24,25);1-5H,(H,7,8,9). The number of piperazine rings is 2. The van der Waals surface area contributed by atoms with Gasteiger partial charge in [0.1, 0.15) is 17.7 Å². The number of imide groups is 1. The van der Waals surface area contributed by atoms with Crippen molar-refractivity contribution in [3.8, 4) is 0 Å². The molecule has 2 unspecified atom stereocenters. The SMILES string of the molecule is CC(C)(C)OC(=O)N1CCN(c2ccc3c(c2)C2(CC2)N(C(CCC(N)=O)C(=O)O)C3=O)CC1.O=C1CCC(N2C(=O)c3ccc(N4CCNCC4)cc3C23CC3)C(=O)N1.O=S(=O)(O)c1ccccc1. The topological polar surface area (TPSA) is 270 Å². The van der Waals surface area contributed by atoms with Gasteiger partial charge in [0.15, 0.2) is 0 Å². The number of ether oxygens (including phenoxy) is 1. The van der Waals surface area contributed by atoms with Crippen molar-refractivity contribution in [1.82, 2.24) is 25.3 Å². The first-order valence-corrected chi connectivity index (χ1v) is 25.1. The third-order valence-corrected chi connectivity index (χ3v) is 14.7. The summed E-state index contributed by atoms with van der Waals surface area (Å²) in [5.74, 6) is -2.69. The van der Waals surface area contributed by atoms with Crippen LogP contribution in [0.4, 0.5) is 16.2 Å². The van der Waals surface area contributed by atoms with Gasteiger partial charge < -0.3 is 45.4 Å². The molecule has 6 amide bonds. The molecule has 2 aliphatic carbocycles. The first-order valence-electron chi connectivity index (χ1n) is 23.7. The van der Waals surface area contributed by atoms with Crippen molar-refractivity contribution in [2.75, 3.05) is 62.2 Å². The number of amides is 6. The maximum absolute atomic E-state index is 13.2. The molecule has 3 aromatic rings. The molecule has 374 valence electrons. The molecule has 3 aromatic carbocycles. The molecule has 0 bridgehead atoms. The second-order valence-corrected chi connectivity index (χ2v) is 21.1. The van der Waals surface area contributed by atoms with Crippen LogP contribution in [0, 0.1) is 0 Å². The number of fused-ring (bicyclic) bond motifs is 4. The maximum atomic E-state index is 13.2. The first kappa shape index (κ1) is 49.8. The Hall–Kier alpha value is -6.58. The predicted molar refractivity (Wildman–Crippen MR) is 254 cm³/mol. The normalized spacial score (nSPS) is 21.2. The van der Waals surface area contributed by atoms with E-state index in [0.717, 1.165) is 61.5 Å². The van der Waals surface area contributed by atoms with Crippen molar-refractivity contribution >= 4 is 63.1 Å². The van der Waals surface area contributed by atoms with E-state index in [4.69, 9.17) is 15.0 Å². The molecule has 7 aliphatic rings. The largest absolute Gasteiger partial charge is 0.480 e. The van der Waals surface area contributed by atoms with Crippen LogP contribution in [0.3, 0.4) is 0 Å². The highest BCUT2D eigenvalue weighted by molar-refractivity contribution is 7.85. The molecule has 20 nitrogen and oxygen atoms in total. The van der Waals surface area contributed by atoms with Gasteiger partial charge in [0.05, 0.1) is 16.0 Å². The summed E-state index contributed by atoms with van der Waals surface area (Å²) in [6.07, 6.45) is 3.41. The van der Waals surface area contributed by atoms with Gasteiger partial charge in [-0.2, -0.15) is 8.42 Å². The van der Waals surface area contributed by atoms with Crippen LogP contribution >= 0.6 is 0 Å². The second kappa shape index (κ2) is 19.3. The fraction of sp³-hybridized carbons (Fsp3) is 0.490. The Morgan fingerprint density at radius 3 is 1.86 bits per heavy atom. The van der Waals surface area contributed by atoms with Crippen LogP contribution in [0.2, 0.25) is 0 Å². The zero-order valence-electron chi connectivity index (χ0n) is 39.5. The summed E-state index contributed by atoms with van der Waals surface area (Å²) in [5.41, 5.74) is 8.91. The number of carboxylic acid groups (broad SMARTS) is 1. The Morgan fingerprint density at radius 1 is 0.800 bits per heavy atom. The van der Waals surface area contributed by atoms with Gasteiger partial charge in [-0.3, -0.25) is 33.8 Å². The molecular weight excluding hydrogens is 925 g/mol. The Bertz CT molecular complexity index is 2690. The molecule has 0 aromatic heterocycles. The number of nitrogens with one attached hydrogen (secondary N) is 2. The number of nitrogens with two attached hydrogens (primary N) is 1. The predicted octanol–water partition coefficient (Wildman–Crippen LogP) is 3.19. The van der Waals surface area contributed by atoms with E-state index in [1.54, 1.807) is 34.1 Å². The minimum absolute atomic E-state index is 0.00831.